The molecule has 0 aromatic heterocycles. The Balaban J connectivity index is 2.68. The minimum Gasteiger partial charge on any atom is -0.478 e. The molecule has 1 N–H and O–H groups in total. The summed E-state index contributed by atoms with van der Waals surface area (Å²) in [7, 11) is 0. The van der Waals surface area contributed by atoms with Crippen molar-refractivity contribution in [2.45, 2.75) is 0 Å². The van der Waals surface area contributed by atoms with Crippen LogP contribution >= 0.6 is 0 Å². The molecule has 0 aliphatic heterocycles. The number of carboxylic acid groups (broad SMARTS) is 1. The summed E-state index contributed by atoms with van der Waals surface area (Å²) in [5.41, 5.74) is 0.680. The van der Waals surface area contributed by atoms with Gasteiger partial charge in [-0.15, -0.1) is 0 Å². The molecular weight excluding hydrogens is 207 g/mol. The van der Waals surface area contributed by atoms with Gasteiger partial charge in [0, 0.05) is 5.56 Å². The van der Waals surface area contributed by atoms with Gasteiger partial charge in [-0.2, -0.15) is 0 Å². The van der Waals surface area contributed by atoms with Crippen LogP contribution in [0.2, 0.25) is 0 Å². The van der Waals surface area contributed by atoms with Crippen molar-refractivity contribution in [3.05, 3.63) is 59.9 Å². The topological polar surface area (TPSA) is 37.3 Å². The number of carbonyl (C=O) groups is 1. The molecule has 0 bridgehead atoms. The van der Waals surface area contributed by atoms with Crippen molar-refractivity contribution in [3.8, 4) is 11.1 Å². The fourth-order valence-corrected chi connectivity index (χ4v) is 1.60. The molecular formula is C13H9FO2. The van der Waals surface area contributed by atoms with Gasteiger partial charge in [-0.3, -0.25) is 0 Å². The van der Waals surface area contributed by atoms with Crippen LogP contribution in [0.25, 0.3) is 11.1 Å². The number of hydrogen-bond donors (Lipinski definition) is 1. The van der Waals surface area contributed by atoms with Gasteiger partial charge in [-0.25, -0.2) is 9.18 Å². The third kappa shape index (κ3) is 1.80. The van der Waals surface area contributed by atoms with Gasteiger partial charge in [0.2, 0.25) is 0 Å². The molecule has 0 aliphatic rings. The zero-order valence-electron chi connectivity index (χ0n) is 8.35. The first kappa shape index (κ1) is 10.4. The Labute approximate surface area is 92.0 Å². The average molecular weight is 216 g/mol. The van der Waals surface area contributed by atoms with Gasteiger partial charge in [0.15, 0.2) is 0 Å². The number of rotatable bonds is 2. The van der Waals surface area contributed by atoms with Gasteiger partial charge >= 0.3 is 5.97 Å². The van der Waals surface area contributed by atoms with E-state index in [1.807, 2.05) is 0 Å². The molecule has 16 heavy (non-hydrogen) atoms. The van der Waals surface area contributed by atoms with E-state index < -0.39 is 11.8 Å². The van der Waals surface area contributed by atoms with Gasteiger partial charge in [0.05, 0.1) is 5.56 Å². The third-order valence-electron chi connectivity index (χ3n) is 2.31. The predicted molar refractivity (Wildman–Crippen MR) is 58.8 cm³/mol. The fourth-order valence-electron chi connectivity index (χ4n) is 1.60. The molecule has 0 unspecified atom stereocenters. The number of halogens is 1. The van der Waals surface area contributed by atoms with Crippen LogP contribution in [0.3, 0.4) is 0 Å². The molecule has 0 heterocycles. The molecule has 0 spiro atoms. The maximum Gasteiger partial charge on any atom is 0.336 e. The SMILES string of the molecule is O=C(O)c1cccc(F)c1-c1ccccc1. The Morgan fingerprint density at radius 3 is 2.31 bits per heavy atom. The lowest BCUT2D eigenvalue weighted by Gasteiger charge is -2.07. The smallest absolute Gasteiger partial charge is 0.336 e. The second-order valence-electron chi connectivity index (χ2n) is 3.33. The number of aromatic carboxylic acids is 1. The average Bonchev–Trinajstić information content (AvgIpc) is 2.29. The Bertz CT molecular complexity index is 521. The van der Waals surface area contributed by atoms with E-state index in [0.29, 0.717) is 5.56 Å². The van der Waals surface area contributed by atoms with Crippen LogP contribution in [-0.2, 0) is 0 Å². The van der Waals surface area contributed by atoms with Crippen molar-refractivity contribution in [3.63, 3.8) is 0 Å². The molecule has 0 saturated carbocycles. The Hall–Kier alpha value is -2.16. The summed E-state index contributed by atoms with van der Waals surface area (Å²) in [6.45, 7) is 0. The van der Waals surface area contributed by atoms with Crippen LogP contribution in [-0.4, -0.2) is 11.1 Å². The second-order valence-corrected chi connectivity index (χ2v) is 3.33. The van der Waals surface area contributed by atoms with Crippen molar-refractivity contribution in [2.24, 2.45) is 0 Å². The summed E-state index contributed by atoms with van der Waals surface area (Å²) in [5.74, 6) is -1.65. The summed E-state index contributed by atoms with van der Waals surface area (Å²) in [6.07, 6.45) is 0. The van der Waals surface area contributed by atoms with Gasteiger partial charge < -0.3 is 5.11 Å². The second kappa shape index (κ2) is 4.14. The van der Waals surface area contributed by atoms with E-state index in [4.69, 9.17) is 5.11 Å². The highest BCUT2D eigenvalue weighted by Gasteiger charge is 2.15. The summed E-state index contributed by atoms with van der Waals surface area (Å²) in [6, 6.07) is 12.7. The van der Waals surface area contributed by atoms with Crippen LogP contribution < -0.4 is 0 Å². The highest BCUT2D eigenvalue weighted by Crippen LogP contribution is 2.26. The highest BCUT2D eigenvalue weighted by molar-refractivity contribution is 5.96. The molecule has 0 fully saturated rings. The number of hydrogen-bond acceptors (Lipinski definition) is 1. The van der Waals surface area contributed by atoms with Gasteiger partial charge in [-0.1, -0.05) is 36.4 Å². The number of carboxylic acids is 1. The van der Waals surface area contributed by atoms with Crippen molar-refractivity contribution >= 4 is 5.97 Å². The zero-order valence-corrected chi connectivity index (χ0v) is 8.35. The maximum absolute atomic E-state index is 13.6. The fraction of sp³-hybridized carbons (Fsp3) is 0. The quantitative estimate of drug-likeness (QED) is 0.837. The molecule has 0 amide bonds. The molecule has 0 atom stereocenters. The van der Waals surface area contributed by atoms with Gasteiger partial charge in [0.1, 0.15) is 5.82 Å². The standard InChI is InChI=1S/C13H9FO2/c14-11-8-4-7-10(13(15)16)12(11)9-5-2-1-3-6-9/h1-8H,(H,15,16). The van der Waals surface area contributed by atoms with E-state index in [9.17, 15) is 9.18 Å². The van der Waals surface area contributed by atoms with Crippen LogP contribution in [0.1, 0.15) is 10.4 Å². The molecule has 2 rings (SSSR count). The molecule has 2 aromatic rings. The Morgan fingerprint density at radius 2 is 1.69 bits per heavy atom. The van der Waals surface area contributed by atoms with E-state index in [-0.39, 0.29) is 11.1 Å². The van der Waals surface area contributed by atoms with Gasteiger partial charge in [0.25, 0.3) is 0 Å². The van der Waals surface area contributed by atoms with Crippen LogP contribution in [0.15, 0.2) is 48.5 Å². The van der Waals surface area contributed by atoms with E-state index in [1.165, 1.54) is 18.2 Å². The molecule has 0 aliphatic carbocycles. The van der Waals surface area contributed by atoms with Crippen molar-refractivity contribution < 1.29 is 14.3 Å². The first-order valence-corrected chi connectivity index (χ1v) is 4.77. The van der Waals surface area contributed by atoms with E-state index in [2.05, 4.69) is 0 Å². The maximum atomic E-state index is 13.6. The highest BCUT2D eigenvalue weighted by atomic mass is 19.1. The Kier molecular flexibility index (Phi) is 2.68. The predicted octanol–water partition coefficient (Wildman–Crippen LogP) is 3.19. The monoisotopic (exact) mass is 216 g/mol. The van der Waals surface area contributed by atoms with Crippen molar-refractivity contribution in [1.29, 1.82) is 0 Å². The first-order chi connectivity index (χ1) is 7.70. The normalized spacial score (nSPS) is 10.1. The zero-order chi connectivity index (χ0) is 11.5. The largest absolute Gasteiger partial charge is 0.478 e. The van der Waals surface area contributed by atoms with Crippen LogP contribution in [0, 0.1) is 5.82 Å². The third-order valence-corrected chi connectivity index (χ3v) is 2.31. The molecule has 0 radical (unpaired) electrons. The minimum absolute atomic E-state index is 0.0220. The minimum atomic E-state index is -1.13. The number of benzene rings is 2. The summed E-state index contributed by atoms with van der Waals surface area (Å²) in [4.78, 5) is 11.0. The van der Waals surface area contributed by atoms with E-state index >= 15 is 0 Å². The molecule has 2 aromatic carbocycles. The van der Waals surface area contributed by atoms with E-state index in [0.717, 1.165) is 0 Å². The molecule has 80 valence electrons. The lowest BCUT2D eigenvalue weighted by Crippen LogP contribution is -2.01. The van der Waals surface area contributed by atoms with Crippen LogP contribution in [0.4, 0.5) is 4.39 Å². The van der Waals surface area contributed by atoms with Crippen molar-refractivity contribution in [1.82, 2.24) is 0 Å². The molecule has 0 saturated heterocycles. The lowest BCUT2D eigenvalue weighted by atomic mass is 9.99. The van der Waals surface area contributed by atoms with Gasteiger partial charge in [-0.05, 0) is 17.7 Å². The summed E-state index contributed by atoms with van der Waals surface area (Å²) < 4.78 is 13.6. The van der Waals surface area contributed by atoms with Crippen LogP contribution in [0.5, 0.6) is 0 Å². The summed E-state index contributed by atoms with van der Waals surface area (Å²) in [5, 5.41) is 8.98. The van der Waals surface area contributed by atoms with Crippen molar-refractivity contribution in [2.75, 3.05) is 0 Å². The summed E-state index contributed by atoms with van der Waals surface area (Å²) >= 11 is 0. The van der Waals surface area contributed by atoms with E-state index in [1.54, 1.807) is 30.3 Å². The molecule has 2 nitrogen and oxygen atoms in total. The Morgan fingerprint density at radius 1 is 1.00 bits per heavy atom. The molecule has 3 heteroatoms. The first-order valence-electron chi connectivity index (χ1n) is 4.77. The lowest BCUT2D eigenvalue weighted by molar-refractivity contribution is 0.0697.